The van der Waals surface area contributed by atoms with E-state index in [0.29, 0.717) is 19.6 Å². The summed E-state index contributed by atoms with van der Waals surface area (Å²) < 4.78 is 0. The molecule has 3 heterocycles. The summed E-state index contributed by atoms with van der Waals surface area (Å²) in [5.74, 6) is 0. The van der Waals surface area contributed by atoms with Gasteiger partial charge in [0.2, 0.25) is 0 Å². The van der Waals surface area contributed by atoms with E-state index in [1.54, 1.807) is 6.33 Å². The molecule has 1 aliphatic heterocycles. The fourth-order valence-corrected chi connectivity index (χ4v) is 3.19. The molecular weight excluding hydrogens is 268 g/mol. The van der Waals surface area contributed by atoms with Crippen molar-refractivity contribution in [2.24, 2.45) is 0 Å². The van der Waals surface area contributed by atoms with Crippen molar-refractivity contribution in [3.05, 3.63) is 34.7 Å². The molecule has 2 aromatic heterocycles. The molecule has 0 saturated heterocycles. The van der Waals surface area contributed by atoms with Crippen LogP contribution >= 0.6 is 0 Å². The van der Waals surface area contributed by atoms with Crippen molar-refractivity contribution in [3.8, 4) is 0 Å². The van der Waals surface area contributed by atoms with Gasteiger partial charge in [0.25, 0.3) is 0 Å². The molecule has 7 heteroatoms. The van der Waals surface area contributed by atoms with E-state index in [4.69, 9.17) is 0 Å². The molecule has 0 aromatic carbocycles. The third-order valence-electron chi connectivity index (χ3n) is 4.36. The Morgan fingerprint density at radius 2 is 2.29 bits per heavy atom. The van der Waals surface area contributed by atoms with E-state index in [0.717, 1.165) is 36.3 Å². The number of aromatic amines is 2. The largest absolute Gasteiger partial charge is 0.347 e. The topological polar surface area (TPSA) is 89.7 Å². The Kier molecular flexibility index (Phi) is 2.90. The number of carbonyl (C=O) groups excluding carboxylic acids is 1. The Labute approximate surface area is 122 Å². The molecule has 0 bridgehead atoms. The van der Waals surface area contributed by atoms with Crippen molar-refractivity contribution < 1.29 is 4.79 Å². The van der Waals surface area contributed by atoms with Crippen LogP contribution in [-0.4, -0.2) is 37.6 Å². The fourth-order valence-electron chi connectivity index (χ4n) is 3.19. The molecule has 0 unspecified atom stereocenters. The molecule has 110 valence electrons. The zero-order valence-corrected chi connectivity index (χ0v) is 11.8. The van der Waals surface area contributed by atoms with E-state index in [9.17, 15) is 4.79 Å². The number of amides is 2. The first-order valence-electron chi connectivity index (χ1n) is 7.40. The SMILES string of the molecule is O=C(NCc1n[nH]c2c1CCC2)N1CCc2nc[nH]c2C1. The molecule has 0 saturated carbocycles. The lowest BCUT2D eigenvalue weighted by atomic mass is 10.1. The van der Waals surface area contributed by atoms with E-state index < -0.39 is 0 Å². The molecule has 21 heavy (non-hydrogen) atoms. The Hall–Kier alpha value is -2.31. The molecule has 2 aromatic rings. The van der Waals surface area contributed by atoms with Crippen LogP contribution in [0.15, 0.2) is 6.33 Å². The van der Waals surface area contributed by atoms with Gasteiger partial charge in [-0.1, -0.05) is 0 Å². The van der Waals surface area contributed by atoms with Crippen LogP contribution in [0.5, 0.6) is 0 Å². The van der Waals surface area contributed by atoms with Crippen molar-refractivity contribution in [2.45, 2.75) is 38.8 Å². The first kappa shape index (κ1) is 12.4. The minimum absolute atomic E-state index is 0.0370. The minimum atomic E-state index is -0.0370. The number of aryl methyl sites for hydroxylation is 1. The fraction of sp³-hybridized carbons (Fsp3) is 0.500. The molecule has 0 spiro atoms. The second kappa shape index (κ2) is 4.91. The monoisotopic (exact) mass is 286 g/mol. The van der Waals surface area contributed by atoms with Gasteiger partial charge in [-0.15, -0.1) is 0 Å². The van der Waals surface area contributed by atoms with Gasteiger partial charge in [-0.3, -0.25) is 5.10 Å². The molecule has 0 atom stereocenters. The number of H-pyrrole nitrogens is 2. The summed E-state index contributed by atoms with van der Waals surface area (Å²) in [5, 5.41) is 10.4. The van der Waals surface area contributed by atoms with Crippen LogP contribution in [0.4, 0.5) is 4.79 Å². The number of fused-ring (bicyclic) bond motifs is 2. The van der Waals surface area contributed by atoms with E-state index in [1.807, 2.05) is 4.90 Å². The predicted molar refractivity (Wildman–Crippen MR) is 75.6 cm³/mol. The highest BCUT2D eigenvalue weighted by molar-refractivity contribution is 5.74. The maximum atomic E-state index is 12.3. The molecular formula is C14H18N6O. The Morgan fingerprint density at radius 3 is 3.24 bits per heavy atom. The van der Waals surface area contributed by atoms with E-state index >= 15 is 0 Å². The molecule has 1 aliphatic carbocycles. The molecule has 4 rings (SSSR count). The maximum Gasteiger partial charge on any atom is 0.318 e. The lowest BCUT2D eigenvalue weighted by molar-refractivity contribution is 0.191. The number of imidazole rings is 1. The van der Waals surface area contributed by atoms with E-state index in [-0.39, 0.29) is 6.03 Å². The van der Waals surface area contributed by atoms with Crippen molar-refractivity contribution in [1.82, 2.24) is 30.4 Å². The van der Waals surface area contributed by atoms with Crippen LogP contribution in [0.25, 0.3) is 0 Å². The molecule has 2 amide bonds. The average molecular weight is 286 g/mol. The van der Waals surface area contributed by atoms with Crippen LogP contribution in [0.2, 0.25) is 0 Å². The van der Waals surface area contributed by atoms with Crippen molar-refractivity contribution in [3.63, 3.8) is 0 Å². The summed E-state index contributed by atoms with van der Waals surface area (Å²) in [6.45, 7) is 1.80. The van der Waals surface area contributed by atoms with Crippen molar-refractivity contribution in [2.75, 3.05) is 6.54 Å². The Bertz CT molecular complexity index is 673. The highest BCUT2D eigenvalue weighted by Crippen LogP contribution is 2.22. The van der Waals surface area contributed by atoms with Crippen LogP contribution in [0.1, 0.15) is 34.8 Å². The van der Waals surface area contributed by atoms with Gasteiger partial charge >= 0.3 is 6.03 Å². The molecule has 0 fully saturated rings. The number of nitrogens with zero attached hydrogens (tertiary/aromatic N) is 3. The average Bonchev–Trinajstić information content (AvgIpc) is 3.20. The normalized spacial score (nSPS) is 16.7. The summed E-state index contributed by atoms with van der Waals surface area (Å²) in [6.07, 6.45) is 5.83. The third kappa shape index (κ3) is 2.18. The quantitative estimate of drug-likeness (QED) is 0.766. The summed E-state index contributed by atoms with van der Waals surface area (Å²) in [6, 6.07) is -0.0370. The second-order valence-corrected chi connectivity index (χ2v) is 5.64. The summed E-state index contributed by atoms with van der Waals surface area (Å²) in [4.78, 5) is 21.4. The number of urea groups is 1. The standard InChI is InChI=1S/C14H18N6O/c21-14(20-5-4-11-13(7-20)17-8-16-11)15-6-12-9-2-1-3-10(9)18-19-12/h8H,1-7H2,(H,15,21)(H,16,17)(H,18,19). The van der Waals surface area contributed by atoms with Crippen LogP contribution < -0.4 is 5.32 Å². The number of carbonyl (C=O) groups is 1. The second-order valence-electron chi connectivity index (χ2n) is 5.64. The number of rotatable bonds is 2. The van der Waals surface area contributed by atoms with Crippen molar-refractivity contribution >= 4 is 6.03 Å². The van der Waals surface area contributed by atoms with Crippen LogP contribution in [0.3, 0.4) is 0 Å². The van der Waals surface area contributed by atoms with Gasteiger partial charge in [-0.2, -0.15) is 5.10 Å². The summed E-state index contributed by atoms with van der Waals surface area (Å²) in [5.41, 5.74) is 5.63. The predicted octanol–water partition coefficient (Wildman–Crippen LogP) is 0.889. The van der Waals surface area contributed by atoms with Gasteiger partial charge in [-0.05, 0) is 24.8 Å². The Morgan fingerprint density at radius 1 is 1.33 bits per heavy atom. The maximum absolute atomic E-state index is 12.3. The minimum Gasteiger partial charge on any atom is -0.347 e. The Balaban J connectivity index is 1.38. The van der Waals surface area contributed by atoms with E-state index in [1.165, 1.54) is 17.7 Å². The molecule has 7 nitrogen and oxygen atoms in total. The number of nitrogens with one attached hydrogen (secondary N) is 3. The van der Waals surface area contributed by atoms with Gasteiger partial charge in [0.05, 0.1) is 36.5 Å². The van der Waals surface area contributed by atoms with Gasteiger partial charge in [0, 0.05) is 18.7 Å². The van der Waals surface area contributed by atoms with E-state index in [2.05, 4.69) is 25.5 Å². The van der Waals surface area contributed by atoms with Gasteiger partial charge in [-0.25, -0.2) is 9.78 Å². The number of hydrogen-bond acceptors (Lipinski definition) is 3. The molecule has 2 aliphatic rings. The van der Waals surface area contributed by atoms with Gasteiger partial charge in [0.15, 0.2) is 0 Å². The third-order valence-corrected chi connectivity index (χ3v) is 4.36. The van der Waals surface area contributed by atoms with Gasteiger partial charge < -0.3 is 15.2 Å². The summed E-state index contributed by atoms with van der Waals surface area (Å²) >= 11 is 0. The highest BCUT2D eigenvalue weighted by Gasteiger charge is 2.23. The first-order valence-corrected chi connectivity index (χ1v) is 7.40. The van der Waals surface area contributed by atoms with Crippen LogP contribution in [0, 0.1) is 0 Å². The smallest absolute Gasteiger partial charge is 0.318 e. The lowest BCUT2D eigenvalue weighted by Crippen LogP contribution is -2.42. The highest BCUT2D eigenvalue weighted by atomic mass is 16.2. The number of aromatic nitrogens is 4. The molecule has 3 N–H and O–H groups in total. The van der Waals surface area contributed by atoms with Gasteiger partial charge in [0.1, 0.15) is 0 Å². The first-order chi connectivity index (χ1) is 10.3. The number of hydrogen-bond donors (Lipinski definition) is 3. The zero-order valence-electron chi connectivity index (χ0n) is 11.8. The zero-order chi connectivity index (χ0) is 14.2. The lowest BCUT2D eigenvalue weighted by Gasteiger charge is -2.26. The van der Waals surface area contributed by atoms with Crippen molar-refractivity contribution in [1.29, 1.82) is 0 Å². The molecule has 0 radical (unpaired) electrons. The summed E-state index contributed by atoms with van der Waals surface area (Å²) in [7, 11) is 0. The van der Waals surface area contributed by atoms with Crippen LogP contribution in [-0.2, 0) is 32.4 Å².